The maximum Gasteiger partial charge on any atom is 0.277 e. The van der Waals surface area contributed by atoms with Gasteiger partial charge >= 0.3 is 0 Å². The van der Waals surface area contributed by atoms with Gasteiger partial charge in [0.25, 0.3) is 5.22 Å². The molecule has 3 aromatic rings. The number of rotatable bonds is 7. The summed E-state index contributed by atoms with van der Waals surface area (Å²) < 4.78 is 5.53. The predicted octanol–water partition coefficient (Wildman–Crippen LogP) is 3.64. The lowest BCUT2D eigenvalue weighted by atomic mass is 10.1. The van der Waals surface area contributed by atoms with Gasteiger partial charge in [0.15, 0.2) is 0 Å². The van der Waals surface area contributed by atoms with Crippen LogP contribution in [0.1, 0.15) is 17.2 Å². The number of nitrogens with zero attached hydrogens (tertiary/aromatic N) is 2. The number of halogens is 1. The Kier molecular flexibility index (Phi) is 6.49. The molecule has 0 aliphatic rings. The van der Waals surface area contributed by atoms with E-state index < -0.39 is 6.10 Å². The van der Waals surface area contributed by atoms with Crippen molar-refractivity contribution in [1.82, 2.24) is 15.5 Å². The summed E-state index contributed by atoms with van der Waals surface area (Å²) in [5.74, 6) is 0.254. The molecule has 1 amide bonds. The summed E-state index contributed by atoms with van der Waals surface area (Å²) in [6.07, 6.45) is -0.750. The molecular formula is C19H18ClN3O3S. The Morgan fingerprint density at radius 1 is 1.19 bits per heavy atom. The SMILES string of the molecule is Cc1ccc(C(O)CNC(=O)CSc2nnc(-c3ccc(Cl)cc3)o2)cc1. The molecule has 0 saturated carbocycles. The Balaban J connectivity index is 1.46. The molecule has 0 aliphatic heterocycles. The first-order chi connectivity index (χ1) is 13.0. The second-order valence-electron chi connectivity index (χ2n) is 5.90. The third-order valence-electron chi connectivity index (χ3n) is 3.78. The van der Waals surface area contributed by atoms with E-state index in [0.717, 1.165) is 28.5 Å². The maximum atomic E-state index is 12.0. The summed E-state index contributed by atoms with van der Waals surface area (Å²) >= 11 is 6.99. The number of carbonyl (C=O) groups excluding carboxylic acids is 1. The van der Waals surface area contributed by atoms with Gasteiger partial charge in [-0.2, -0.15) is 0 Å². The number of hydrogen-bond donors (Lipinski definition) is 2. The predicted molar refractivity (Wildman–Crippen MR) is 105 cm³/mol. The van der Waals surface area contributed by atoms with E-state index in [9.17, 15) is 9.90 Å². The summed E-state index contributed by atoms with van der Waals surface area (Å²) in [4.78, 5) is 12.0. The molecule has 2 N–H and O–H groups in total. The standard InChI is InChI=1S/C19H18ClN3O3S/c1-12-2-4-13(5-3-12)16(24)10-21-17(25)11-27-19-23-22-18(26-19)14-6-8-15(20)9-7-14/h2-9,16,24H,10-11H2,1H3,(H,21,25). The molecule has 140 valence electrons. The second kappa shape index (κ2) is 9.03. The molecule has 0 saturated heterocycles. The van der Waals surface area contributed by atoms with Crippen LogP contribution in [0.25, 0.3) is 11.5 Å². The van der Waals surface area contributed by atoms with Gasteiger partial charge in [-0.1, -0.05) is 53.2 Å². The Morgan fingerprint density at radius 3 is 2.59 bits per heavy atom. The summed E-state index contributed by atoms with van der Waals surface area (Å²) in [5.41, 5.74) is 2.63. The number of aromatic nitrogens is 2. The summed E-state index contributed by atoms with van der Waals surface area (Å²) in [6, 6.07) is 14.6. The maximum absolute atomic E-state index is 12.0. The van der Waals surface area contributed by atoms with Crippen molar-refractivity contribution in [2.45, 2.75) is 18.3 Å². The number of aryl methyl sites for hydroxylation is 1. The van der Waals surface area contributed by atoms with Crippen LogP contribution in [0.15, 0.2) is 58.2 Å². The Labute approximate surface area is 166 Å². The zero-order valence-corrected chi connectivity index (χ0v) is 16.1. The van der Waals surface area contributed by atoms with Gasteiger partial charge in [-0.15, -0.1) is 10.2 Å². The molecule has 0 radical (unpaired) electrons. The van der Waals surface area contributed by atoms with Gasteiger partial charge in [0.1, 0.15) is 0 Å². The number of thioether (sulfide) groups is 1. The lowest BCUT2D eigenvalue weighted by Crippen LogP contribution is -2.29. The number of benzene rings is 2. The lowest BCUT2D eigenvalue weighted by molar-refractivity contribution is -0.119. The summed E-state index contributed by atoms with van der Waals surface area (Å²) in [7, 11) is 0. The number of nitrogens with one attached hydrogen (secondary N) is 1. The normalized spacial score (nSPS) is 12.0. The third kappa shape index (κ3) is 5.56. The largest absolute Gasteiger partial charge is 0.411 e. The molecule has 6 nitrogen and oxygen atoms in total. The average Bonchev–Trinajstić information content (AvgIpc) is 3.14. The van der Waals surface area contributed by atoms with Crippen molar-refractivity contribution in [2.24, 2.45) is 0 Å². The van der Waals surface area contributed by atoms with E-state index >= 15 is 0 Å². The van der Waals surface area contributed by atoms with Crippen LogP contribution in [-0.4, -0.2) is 33.5 Å². The molecule has 0 spiro atoms. The fourth-order valence-corrected chi connectivity index (χ4v) is 2.99. The highest BCUT2D eigenvalue weighted by Crippen LogP contribution is 2.24. The van der Waals surface area contributed by atoms with Crippen LogP contribution in [0.3, 0.4) is 0 Å². The van der Waals surface area contributed by atoms with E-state index in [4.69, 9.17) is 16.0 Å². The van der Waals surface area contributed by atoms with Gasteiger partial charge in [-0.3, -0.25) is 4.79 Å². The Bertz CT molecular complexity index is 897. The fraction of sp³-hybridized carbons (Fsp3) is 0.211. The van der Waals surface area contributed by atoms with E-state index in [1.807, 2.05) is 31.2 Å². The molecule has 27 heavy (non-hydrogen) atoms. The average molecular weight is 404 g/mol. The van der Waals surface area contributed by atoms with Crippen LogP contribution in [0.5, 0.6) is 0 Å². The van der Waals surface area contributed by atoms with Crippen LogP contribution < -0.4 is 5.32 Å². The number of aliphatic hydroxyl groups excluding tert-OH is 1. The molecule has 0 bridgehead atoms. The van der Waals surface area contributed by atoms with Gasteiger partial charge < -0.3 is 14.8 Å². The highest BCUT2D eigenvalue weighted by Gasteiger charge is 2.13. The molecule has 1 heterocycles. The van der Waals surface area contributed by atoms with Crippen molar-refractivity contribution >= 4 is 29.3 Å². The van der Waals surface area contributed by atoms with Crippen LogP contribution in [0.4, 0.5) is 0 Å². The summed E-state index contributed by atoms with van der Waals surface area (Å²) in [6.45, 7) is 2.12. The molecule has 1 unspecified atom stereocenters. The number of carbonyl (C=O) groups is 1. The zero-order chi connectivity index (χ0) is 19.2. The zero-order valence-electron chi connectivity index (χ0n) is 14.6. The number of aliphatic hydroxyl groups is 1. The fourth-order valence-electron chi connectivity index (χ4n) is 2.27. The molecule has 1 atom stereocenters. The van der Waals surface area contributed by atoms with Crippen molar-refractivity contribution < 1.29 is 14.3 Å². The van der Waals surface area contributed by atoms with Crippen molar-refractivity contribution in [1.29, 1.82) is 0 Å². The van der Waals surface area contributed by atoms with E-state index in [1.54, 1.807) is 24.3 Å². The molecule has 3 rings (SSSR count). The highest BCUT2D eigenvalue weighted by atomic mass is 35.5. The van der Waals surface area contributed by atoms with Crippen molar-refractivity contribution in [3.63, 3.8) is 0 Å². The van der Waals surface area contributed by atoms with E-state index in [0.29, 0.717) is 16.1 Å². The quantitative estimate of drug-likeness (QED) is 0.585. The minimum atomic E-state index is -0.750. The van der Waals surface area contributed by atoms with Gasteiger partial charge in [0, 0.05) is 17.1 Å². The molecule has 1 aromatic heterocycles. The minimum Gasteiger partial charge on any atom is -0.411 e. The highest BCUT2D eigenvalue weighted by molar-refractivity contribution is 7.99. The molecule has 0 fully saturated rings. The third-order valence-corrected chi connectivity index (χ3v) is 4.85. The van der Waals surface area contributed by atoms with Crippen molar-refractivity contribution in [3.05, 3.63) is 64.7 Å². The van der Waals surface area contributed by atoms with E-state index in [2.05, 4.69) is 15.5 Å². The van der Waals surface area contributed by atoms with Gasteiger partial charge in [-0.05, 0) is 36.8 Å². The summed E-state index contributed by atoms with van der Waals surface area (Å²) in [5, 5.41) is 21.6. The minimum absolute atomic E-state index is 0.114. The van der Waals surface area contributed by atoms with Crippen LogP contribution in [0, 0.1) is 6.92 Å². The molecular weight excluding hydrogens is 386 g/mol. The molecule has 0 aliphatic carbocycles. The van der Waals surface area contributed by atoms with Crippen LogP contribution in [-0.2, 0) is 4.79 Å². The number of amides is 1. The monoisotopic (exact) mass is 403 g/mol. The number of hydrogen-bond acceptors (Lipinski definition) is 6. The van der Waals surface area contributed by atoms with Crippen LogP contribution >= 0.6 is 23.4 Å². The smallest absolute Gasteiger partial charge is 0.277 e. The van der Waals surface area contributed by atoms with Gasteiger partial charge in [-0.25, -0.2) is 0 Å². The first-order valence-corrected chi connectivity index (χ1v) is 9.61. The molecule has 8 heteroatoms. The van der Waals surface area contributed by atoms with Crippen molar-refractivity contribution in [3.8, 4) is 11.5 Å². The van der Waals surface area contributed by atoms with Gasteiger partial charge in [0.05, 0.1) is 11.9 Å². The van der Waals surface area contributed by atoms with Gasteiger partial charge in [0.2, 0.25) is 11.8 Å². The second-order valence-corrected chi connectivity index (χ2v) is 7.26. The molecule has 2 aromatic carbocycles. The van der Waals surface area contributed by atoms with Crippen molar-refractivity contribution in [2.75, 3.05) is 12.3 Å². The van der Waals surface area contributed by atoms with E-state index in [-0.39, 0.29) is 18.2 Å². The Morgan fingerprint density at radius 2 is 1.89 bits per heavy atom. The lowest BCUT2D eigenvalue weighted by Gasteiger charge is -2.12. The topological polar surface area (TPSA) is 88.2 Å². The van der Waals surface area contributed by atoms with Crippen LogP contribution in [0.2, 0.25) is 5.02 Å². The Hall–Kier alpha value is -2.35. The van der Waals surface area contributed by atoms with E-state index in [1.165, 1.54) is 0 Å². The first-order valence-electron chi connectivity index (χ1n) is 8.25. The first kappa shape index (κ1) is 19.4.